The van der Waals surface area contributed by atoms with Crippen LogP contribution in [0.4, 0.5) is 11.4 Å². The summed E-state index contributed by atoms with van der Waals surface area (Å²) in [6.07, 6.45) is 1.62. The largest absolute Gasteiger partial charge is 0.449 e. The Morgan fingerprint density at radius 2 is 1.88 bits per heavy atom. The van der Waals surface area contributed by atoms with E-state index in [2.05, 4.69) is 10.6 Å². The second kappa shape index (κ2) is 9.16. The Hall–Kier alpha value is -3.77. The fourth-order valence-electron chi connectivity index (χ4n) is 3.25. The number of benzene rings is 3. The number of hydrogen-bond donors (Lipinski definition) is 2. The van der Waals surface area contributed by atoms with Gasteiger partial charge in [0.05, 0.1) is 5.69 Å². The molecule has 0 spiro atoms. The molecule has 0 aliphatic carbocycles. The van der Waals surface area contributed by atoms with Crippen LogP contribution in [0.3, 0.4) is 0 Å². The highest BCUT2D eigenvalue weighted by molar-refractivity contribution is 6.30. The summed E-state index contributed by atoms with van der Waals surface area (Å²) in [5.74, 6) is -0.0122. The molecule has 0 aromatic heterocycles. The number of halogens is 1. The predicted molar refractivity (Wildman–Crippen MR) is 127 cm³/mol. The number of hydrogen-bond acceptors (Lipinski definition) is 4. The van der Waals surface area contributed by atoms with Gasteiger partial charge in [-0.2, -0.15) is 0 Å². The molecule has 32 heavy (non-hydrogen) atoms. The molecule has 7 heteroatoms. The summed E-state index contributed by atoms with van der Waals surface area (Å²) in [7, 11) is 3.96. The van der Waals surface area contributed by atoms with Crippen molar-refractivity contribution in [2.45, 2.75) is 6.54 Å². The summed E-state index contributed by atoms with van der Waals surface area (Å²) in [5.41, 5.74) is 3.71. The monoisotopic (exact) mass is 447 g/mol. The topological polar surface area (TPSA) is 70.7 Å². The number of rotatable bonds is 5. The summed E-state index contributed by atoms with van der Waals surface area (Å²) in [5, 5.41) is 6.25. The van der Waals surface area contributed by atoms with Crippen LogP contribution in [0.25, 0.3) is 6.08 Å². The van der Waals surface area contributed by atoms with Crippen LogP contribution in [0.15, 0.2) is 72.5 Å². The van der Waals surface area contributed by atoms with Gasteiger partial charge in [-0.25, -0.2) is 0 Å². The fourth-order valence-corrected chi connectivity index (χ4v) is 3.44. The first kappa shape index (κ1) is 21.5. The number of amides is 2. The van der Waals surface area contributed by atoms with Crippen molar-refractivity contribution in [3.63, 3.8) is 0 Å². The Bertz CT molecular complexity index is 1200. The quantitative estimate of drug-likeness (QED) is 0.556. The van der Waals surface area contributed by atoms with Crippen LogP contribution in [0.5, 0.6) is 5.75 Å². The zero-order valence-electron chi connectivity index (χ0n) is 17.7. The lowest BCUT2D eigenvalue weighted by Gasteiger charge is -2.20. The second-order valence-electron chi connectivity index (χ2n) is 7.57. The Morgan fingerprint density at radius 1 is 1.09 bits per heavy atom. The third-order valence-corrected chi connectivity index (χ3v) is 5.22. The Balaban J connectivity index is 1.44. The third-order valence-electron chi connectivity index (χ3n) is 4.99. The summed E-state index contributed by atoms with van der Waals surface area (Å²) in [6.45, 7) is 0.402. The lowest BCUT2D eigenvalue weighted by atomic mass is 10.1. The SMILES string of the molecule is CN(C)c1ccc(CNC(=O)c2ccc3c(c2)NC(=O)C(=Cc2cccc(Cl)c2)O3)cc1. The van der Waals surface area contributed by atoms with E-state index in [4.69, 9.17) is 16.3 Å². The summed E-state index contributed by atoms with van der Waals surface area (Å²) >= 11 is 6.00. The van der Waals surface area contributed by atoms with E-state index in [1.807, 2.05) is 49.3 Å². The number of nitrogens with one attached hydrogen (secondary N) is 2. The summed E-state index contributed by atoms with van der Waals surface area (Å²) in [6, 6.07) is 20.0. The first-order valence-electron chi connectivity index (χ1n) is 10.0. The average Bonchev–Trinajstić information content (AvgIpc) is 2.78. The number of ether oxygens (including phenoxy) is 1. The normalized spacial score (nSPS) is 13.7. The van der Waals surface area contributed by atoms with Gasteiger partial charge in [0, 0.05) is 36.9 Å². The van der Waals surface area contributed by atoms with E-state index in [0.29, 0.717) is 28.6 Å². The minimum atomic E-state index is -0.393. The predicted octanol–water partition coefficient (Wildman–Crippen LogP) is 4.71. The molecule has 2 amide bonds. The van der Waals surface area contributed by atoms with Crippen molar-refractivity contribution in [3.05, 3.63) is 94.2 Å². The maximum absolute atomic E-state index is 12.6. The lowest BCUT2D eigenvalue weighted by molar-refractivity contribution is -0.115. The molecule has 1 heterocycles. The average molecular weight is 448 g/mol. The smallest absolute Gasteiger partial charge is 0.291 e. The number of carbonyl (C=O) groups is 2. The van der Waals surface area contributed by atoms with E-state index in [1.165, 1.54) is 0 Å². The first-order chi connectivity index (χ1) is 15.4. The van der Waals surface area contributed by atoms with Crippen LogP contribution in [0.1, 0.15) is 21.5 Å². The van der Waals surface area contributed by atoms with Crippen molar-refractivity contribution in [1.29, 1.82) is 0 Å². The zero-order valence-corrected chi connectivity index (χ0v) is 18.4. The molecule has 0 bridgehead atoms. The standard InChI is InChI=1S/C25H22ClN3O3/c1-29(2)20-9-6-16(7-10-20)15-27-24(30)18-8-11-22-21(14-18)28-25(31)23(32-22)13-17-4-3-5-19(26)12-17/h3-14H,15H2,1-2H3,(H,27,30)(H,28,31). The highest BCUT2D eigenvalue weighted by Crippen LogP contribution is 2.32. The minimum Gasteiger partial charge on any atom is -0.449 e. The van der Waals surface area contributed by atoms with E-state index in [9.17, 15) is 9.59 Å². The lowest BCUT2D eigenvalue weighted by Crippen LogP contribution is -2.25. The van der Waals surface area contributed by atoms with Gasteiger partial charge >= 0.3 is 0 Å². The molecule has 3 aromatic rings. The van der Waals surface area contributed by atoms with Gasteiger partial charge in [-0.3, -0.25) is 9.59 Å². The molecule has 0 atom stereocenters. The van der Waals surface area contributed by atoms with Gasteiger partial charge < -0.3 is 20.3 Å². The number of carbonyl (C=O) groups excluding carboxylic acids is 2. The fraction of sp³-hybridized carbons (Fsp3) is 0.120. The van der Waals surface area contributed by atoms with E-state index in [0.717, 1.165) is 16.8 Å². The van der Waals surface area contributed by atoms with E-state index in [-0.39, 0.29) is 11.7 Å². The van der Waals surface area contributed by atoms with Crippen molar-refractivity contribution >= 4 is 40.9 Å². The number of fused-ring (bicyclic) bond motifs is 1. The molecule has 0 radical (unpaired) electrons. The molecule has 0 saturated heterocycles. The van der Waals surface area contributed by atoms with Gasteiger partial charge in [-0.15, -0.1) is 0 Å². The zero-order chi connectivity index (χ0) is 22.7. The number of anilines is 2. The van der Waals surface area contributed by atoms with Crippen LogP contribution in [0, 0.1) is 0 Å². The summed E-state index contributed by atoms with van der Waals surface area (Å²) in [4.78, 5) is 27.1. The molecule has 0 saturated carbocycles. The maximum atomic E-state index is 12.6. The van der Waals surface area contributed by atoms with Crippen molar-refractivity contribution in [3.8, 4) is 5.75 Å². The molecule has 4 rings (SSSR count). The molecule has 2 N–H and O–H groups in total. The van der Waals surface area contributed by atoms with Crippen molar-refractivity contribution in [1.82, 2.24) is 5.32 Å². The minimum absolute atomic E-state index is 0.151. The van der Waals surface area contributed by atoms with Crippen molar-refractivity contribution < 1.29 is 14.3 Å². The molecular weight excluding hydrogens is 426 g/mol. The van der Waals surface area contributed by atoms with Crippen molar-refractivity contribution in [2.75, 3.05) is 24.3 Å². The van der Waals surface area contributed by atoms with Crippen LogP contribution in [-0.4, -0.2) is 25.9 Å². The van der Waals surface area contributed by atoms with Crippen LogP contribution in [0.2, 0.25) is 5.02 Å². The van der Waals surface area contributed by atoms with E-state index < -0.39 is 5.91 Å². The van der Waals surface area contributed by atoms with E-state index >= 15 is 0 Å². The van der Waals surface area contributed by atoms with Gasteiger partial charge in [0.2, 0.25) is 0 Å². The van der Waals surface area contributed by atoms with Gasteiger partial charge in [-0.1, -0.05) is 35.9 Å². The highest BCUT2D eigenvalue weighted by Gasteiger charge is 2.23. The Labute approximate surface area is 191 Å². The van der Waals surface area contributed by atoms with Gasteiger partial charge in [-0.05, 0) is 59.7 Å². The molecule has 1 aliphatic heterocycles. The van der Waals surface area contributed by atoms with Gasteiger partial charge in [0.1, 0.15) is 0 Å². The first-order valence-corrected chi connectivity index (χ1v) is 10.4. The molecule has 1 aliphatic rings. The molecular formula is C25H22ClN3O3. The Kier molecular flexibility index (Phi) is 6.14. The molecule has 0 fully saturated rings. The molecule has 162 valence electrons. The molecule has 6 nitrogen and oxygen atoms in total. The van der Waals surface area contributed by atoms with E-state index in [1.54, 1.807) is 42.5 Å². The summed E-state index contributed by atoms with van der Waals surface area (Å²) < 4.78 is 5.75. The maximum Gasteiger partial charge on any atom is 0.291 e. The van der Waals surface area contributed by atoms with Gasteiger partial charge in [0.15, 0.2) is 11.5 Å². The van der Waals surface area contributed by atoms with Crippen LogP contribution >= 0.6 is 11.6 Å². The van der Waals surface area contributed by atoms with Crippen LogP contribution in [-0.2, 0) is 11.3 Å². The molecule has 3 aromatic carbocycles. The molecule has 0 unspecified atom stereocenters. The van der Waals surface area contributed by atoms with Crippen LogP contribution < -0.4 is 20.3 Å². The third kappa shape index (κ3) is 4.92. The van der Waals surface area contributed by atoms with Crippen molar-refractivity contribution in [2.24, 2.45) is 0 Å². The Morgan fingerprint density at radius 3 is 2.59 bits per heavy atom. The highest BCUT2D eigenvalue weighted by atomic mass is 35.5. The number of nitrogens with zero attached hydrogens (tertiary/aromatic N) is 1. The van der Waals surface area contributed by atoms with Gasteiger partial charge in [0.25, 0.3) is 11.8 Å². The second-order valence-corrected chi connectivity index (χ2v) is 8.01.